The van der Waals surface area contributed by atoms with Crippen LogP contribution in [0.5, 0.6) is 0 Å². The number of pyridine rings is 1. The first-order chi connectivity index (χ1) is 10.0. The summed E-state index contributed by atoms with van der Waals surface area (Å²) in [5, 5.41) is 0. The highest BCUT2D eigenvalue weighted by Gasteiger charge is 2.26. The van der Waals surface area contributed by atoms with Crippen LogP contribution in [-0.4, -0.2) is 30.3 Å². The standard InChI is InChI=1S/C18H28N2O/c1-18(2,3)17-8-7-14(13-19-17)20-11-9-16(10-12-20)21-15-5-4-6-15/h7-8,13,15-16H,4-6,9-12H2,1-3H3. The first kappa shape index (κ1) is 14.8. The maximum atomic E-state index is 6.13. The number of ether oxygens (including phenoxy) is 1. The molecule has 21 heavy (non-hydrogen) atoms. The second-order valence-corrected chi connectivity index (χ2v) is 7.53. The molecule has 1 aromatic rings. The predicted molar refractivity (Wildman–Crippen MR) is 86.9 cm³/mol. The van der Waals surface area contributed by atoms with Crippen LogP contribution in [0.2, 0.25) is 0 Å². The normalized spacial score (nSPS) is 21.4. The topological polar surface area (TPSA) is 25.4 Å². The number of anilines is 1. The third-order valence-electron chi connectivity index (χ3n) is 4.76. The van der Waals surface area contributed by atoms with Gasteiger partial charge in [0.15, 0.2) is 0 Å². The van der Waals surface area contributed by atoms with Crippen LogP contribution in [0.1, 0.15) is 58.6 Å². The fraction of sp³-hybridized carbons (Fsp3) is 0.722. The minimum Gasteiger partial charge on any atom is -0.375 e. The second kappa shape index (κ2) is 5.96. The minimum atomic E-state index is 0.127. The summed E-state index contributed by atoms with van der Waals surface area (Å²) >= 11 is 0. The van der Waals surface area contributed by atoms with Gasteiger partial charge >= 0.3 is 0 Å². The van der Waals surface area contributed by atoms with Gasteiger partial charge in [0, 0.05) is 24.2 Å². The van der Waals surface area contributed by atoms with Crippen molar-refractivity contribution >= 4 is 5.69 Å². The summed E-state index contributed by atoms with van der Waals surface area (Å²) < 4.78 is 6.13. The quantitative estimate of drug-likeness (QED) is 0.843. The van der Waals surface area contributed by atoms with Gasteiger partial charge in [-0.2, -0.15) is 0 Å². The zero-order chi connectivity index (χ0) is 14.9. The molecule has 0 amide bonds. The number of rotatable bonds is 3. The molecular formula is C18H28N2O. The average Bonchev–Trinajstić information content (AvgIpc) is 2.43. The first-order valence-corrected chi connectivity index (χ1v) is 8.39. The Balaban J connectivity index is 1.54. The zero-order valence-corrected chi connectivity index (χ0v) is 13.6. The Morgan fingerprint density at radius 1 is 1.05 bits per heavy atom. The predicted octanol–water partition coefficient (Wildman–Crippen LogP) is 3.92. The van der Waals surface area contributed by atoms with Crippen LogP contribution >= 0.6 is 0 Å². The van der Waals surface area contributed by atoms with Gasteiger partial charge in [-0.15, -0.1) is 0 Å². The maximum absolute atomic E-state index is 6.13. The Labute approximate surface area is 128 Å². The van der Waals surface area contributed by atoms with Crippen molar-refractivity contribution in [1.82, 2.24) is 4.98 Å². The SMILES string of the molecule is CC(C)(C)c1ccc(N2CCC(OC3CCC3)CC2)cn1. The van der Waals surface area contributed by atoms with Gasteiger partial charge < -0.3 is 9.64 Å². The molecule has 1 aromatic heterocycles. The number of hydrogen-bond acceptors (Lipinski definition) is 3. The van der Waals surface area contributed by atoms with Gasteiger partial charge in [0.2, 0.25) is 0 Å². The summed E-state index contributed by atoms with van der Waals surface area (Å²) in [7, 11) is 0. The second-order valence-electron chi connectivity index (χ2n) is 7.53. The average molecular weight is 288 g/mol. The van der Waals surface area contributed by atoms with Gasteiger partial charge in [-0.3, -0.25) is 4.98 Å². The van der Waals surface area contributed by atoms with E-state index in [9.17, 15) is 0 Å². The highest BCUT2D eigenvalue weighted by Crippen LogP contribution is 2.28. The molecular weight excluding hydrogens is 260 g/mol. The van der Waals surface area contributed by atoms with E-state index in [1.54, 1.807) is 0 Å². The number of hydrogen-bond donors (Lipinski definition) is 0. The first-order valence-electron chi connectivity index (χ1n) is 8.39. The van der Waals surface area contributed by atoms with Crippen LogP contribution in [0.15, 0.2) is 18.3 Å². The van der Waals surface area contributed by atoms with E-state index in [1.165, 1.54) is 24.9 Å². The monoisotopic (exact) mass is 288 g/mol. The summed E-state index contributed by atoms with van der Waals surface area (Å²) in [5.74, 6) is 0. The molecule has 0 unspecified atom stereocenters. The summed E-state index contributed by atoms with van der Waals surface area (Å²) in [5.41, 5.74) is 2.54. The molecule has 0 aromatic carbocycles. The Morgan fingerprint density at radius 3 is 2.19 bits per heavy atom. The largest absolute Gasteiger partial charge is 0.375 e. The molecule has 2 heterocycles. The summed E-state index contributed by atoms with van der Waals surface area (Å²) in [4.78, 5) is 7.09. The fourth-order valence-corrected chi connectivity index (χ4v) is 3.05. The van der Waals surface area contributed by atoms with Crippen LogP contribution in [0, 0.1) is 0 Å². The molecule has 3 nitrogen and oxygen atoms in total. The Kier molecular flexibility index (Phi) is 4.21. The number of nitrogens with zero attached hydrogens (tertiary/aromatic N) is 2. The number of aromatic nitrogens is 1. The highest BCUT2D eigenvalue weighted by atomic mass is 16.5. The Bertz CT molecular complexity index is 451. The molecule has 0 N–H and O–H groups in total. The van der Waals surface area contributed by atoms with Crippen LogP contribution < -0.4 is 4.90 Å². The summed E-state index contributed by atoms with van der Waals surface area (Å²) in [6.07, 6.45) is 9.29. The van der Waals surface area contributed by atoms with E-state index in [4.69, 9.17) is 4.74 Å². The molecule has 0 spiro atoms. The van der Waals surface area contributed by atoms with Crippen LogP contribution in [0.3, 0.4) is 0 Å². The molecule has 116 valence electrons. The van der Waals surface area contributed by atoms with Crippen molar-refractivity contribution < 1.29 is 4.74 Å². The molecule has 3 heteroatoms. The summed E-state index contributed by atoms with van der Waals surface area (Å²) in [6, 6.07) is 4.40. The Morgan fingerprint density at radius 2 is 1.71 bits per heavy atom. The van der Waals surface area contributed by atoms with E-state index >= 15 is 0 Å². The lowest BCUT2D eigenvalue weighted by molar-refractivity contribution is -0.0596. The third-order valence-corrected chi connectivity index (χ3v) is 4.76. The maximum Gasteiger partial charge on any atom is 0.0612 e. The lowest BCUT2D eigenvalue weighted by Gasteiger charge is -2.37. The van der Waals surface area contributed by atoms with Crippen molar-refractivity contribution in [3.63, 3.8) is 0 Å². The van der Waals surface area contributed by atoms with E-state index in [0.717, 1.165) is 31.6 Å². The zero-order valence-electron chi connectivity index (χ0n) is 13.6. The van der Waals surface area contributed by atoms with E-state index in [2.05, 4.69) is 42.8 Å². The van der Waals surface area contributed by atoms with Crippen molar-refractivity contribution in [1.29, 1.82) is 0 Å². The summed E-state index contributed by atoms with van der Waals surface area (Å²) in [6.45, 7) is 8.80. The van der Waals surface area contributed by atoms with Gasteiger partial charge in [0.1, 0.15) is 0 Å². The molecule has 2 fully saturated rings. The molecule has 1 saturated carbocycles. The highest BCUT2D eigenvalue weighted by molar-refractivity contribution is 5.45. The Hall–Kier alpha value is -1.09. The van der Waals surface area contributed by atoms with E-state index < -0.39 is 0 Å². The van der Waals surface area contributed by atoms with Crippen molar-refractivity contribution in [3.05, 3.63) is 24.0 Å². The molecule has 0 radical (unpaired) electrons. The van der Waals surface area contributed by atoms with Crippen molar-refractivity contribution in [2.24, 2.45) is 0 Å². The van der Waals surface area contributed by atoms with Crippen LogP contribution in [0.25, 0.3) is 0 Å². The van der Waals surface area contributed by atoms with Gasteiger partial charge in [0.05, 0.1) is 24.1 Å². The molecule has 3 rings (SSSR count). The van der Waals surface area contributed by atoms with Gasteiger partial charge in [0.25, 0.3) is 0 Å². The van der Waals surface area contributed by atoms with Crippen LogP contribution in [0.4, 0.5) is 5.69 Å². The van der Waals surface area contributed by atoms with Gasteiger partial charge in [-0.25, -0.2) is 0 Å². The minimum absolute atomic E-state index is 0.127. The van der Waals surface area contributed by atoms with Gasteiger partial charge in [-0.1, -0.05) is 20.8 Å². The molecule has 0 bridgehead atoms. The van der Waals surface area contributed by atoms with Crippen LogP contribution in [-0.2, 0) is 10.2 Å². The third kappa shape index (κ3) is 3.57. The van der Waals surface area contributed by atoms with Gasteiger partial charge in [-0.05, 0) is 44.2 Å². The molecule has 1 saturated heterocycles. The van der Waals surface area contributed by atoms with E-state index in [0.29, 0.717) is 12.2 Å². The lowest BCUT2D eigenvalue weighted by Crippen LogP contribution is -2.39. The lowest BCUT2D eigenvalue weighted by atomic mass is 9.91. The van der Waals surface area contributed by atoms with Crippen molar-refractivity contribution in [2.75, 3.05) is 18.0 Å². The van der Waals surface area contributed by atoms with E-state index in [-0.39, 0.29) is 5.41 Å². The van der Waals surface area contributed by atoms with Crippen molar-refractivity contribution in [2.45, 2.75) is 70.5 Å². The molecule has 1 aliphatic carbocycles. The van der Waals surface area contributed by atoms with Crippen molar-refractivity contribution in [3.8, 4) is 0 Å². The number of piperidine rings is 1. The molecule has 2 aliphatic rings. The van der Waals surface area contributed by atoms with E-state index in [1.807, 2.05) is 6.20 Å². The molecule has 0 atom stereocenters. The fourth-order valence-electron chi connectivity index (χ4n) is 3.05. The smallest absolute Gasteiger partial charge is 0.0612 e. The molecule has 1 aliphatic heterocycles.